The second kappa shape index (κ2) is 7.03. The van der Waals surface area contributed by atoms with Gasteiger partial charge in [-0.1, -0.05) is 11.6 Å². The maximum Gasteiger partial charge on any atom is 0.271 e. The van der Waals surface area contributed by atoms with Crippen LogP contribution in [0.25, 0.3) is 0 Å². The number of non-ortho nitro benzene ring substituents is 2. The highest BCUT2D eigenvalue weighted by molar-refractivity contribution is 6.33. The molecule has 0 fully saturated rings. The Kier molecular flexibility index (Phi) is 5.09. The molecule has 0 heterocycles. The van der Waals surface area contributed by atoms with E-state index in [2.05, 4.69) is 5.32 Å². The van der Waals surface area contributed by atoms with Gasteiger partial charge in [-0.3, -0.25) is 20.2 Å². The van der Waals surface area contributed by atoms with Crippen molar-refractivity contribution in [1.82, 2.24) is 0 Å². The average molecular weight is 338 g/mol. The summed E-state index contributed by atoms with van der Waals surface area (Å²) < 4.78 is 0. The second-order valence-electron chi connectivity index (χ2n) is 4.67. The summed E-state index contributed by atoms with van der Waals surface area (Å²) in [6.07, 6.45) is -0.915. The fourth-order valence-corrected chi connectivity index (χ4v) is 2.15. The average Bonchev–Trinajstić information content (AvgIpc) is 2.53. The third-order valence-electron chi connectivity index (χ3n) is 3.14. The number of halogens is 1. The first-order valence-corrected chi connectivity index (χ1v) is 6.86. The number of nitro benzene ring substituents is 2. The van der Waals surface area contributed by atoms with Gasteiger partial charge in [-0.25, -0.2) is 0 Å². The minimum absolute atomic E-state index is 0.0627. The van der Waals surface area contributed by atoms with Crippen LogP contribution in [0.2, 0.25) is 5.02 Å². The molecule has 0 amide bonds. The Labute approximate surface area is 135 Å². The van der Waals surface area contributed by atoms with Crippen LogP contribution in [0.3, 0.4) is 0 Å². The number of nitro groups is 2. The lowest BCUT2D eigenvalue weighted by Crippen LogP contribution is -2.12. The molecular formula is C14H12ClN3O5. The summed E-state index contributed by atoms with van der Waals surface area (Å²) in [5, 5.41) is 34.3. The van der Waals surface area contributed by atoms with Crippen molar-refractivity contribution >= 4 is 28.7 Å². The highest BCUT2D eigenvalue weighted by atomic mass is 35.5. The van der Waals surface area contributed by atoms with Crippen LogP contribution in [0.4, 0.5) is 17.1 Å². The SMILES string of the molecule is O=[N+]([O-])c1ccc([C@H](O)CNc2ccc([N+](=O)[O-])cc2Cl)cc1. The van der Waals surface area contributed by atoms with E-state index in [1.54, 1.807) is 0 Å². The molecule has 1 atom stereocenters. The molecule has 0 spiro atoms. The van der Waals surface area contributed by atoms with Crippen LogP contribution in [0.1, 0.15) is 11.7 Å². The summed E-state index contributed by atoms with van der Waals surface area (Å²) in [5.41, 5.74) is 0.753. The number of rotatable bonds is 6. The molecule has 0 aromatic heterocycles. The fraction of sp³-hybridized carbons (Fsp3) is 0.143. The third kappa shape index (κ3) is 4.15. The van der Waals surface area contributed by atoms with E-state index in [0.29, 0.717) is 11.3 Å². The molecule has 2 aromatic rings. The molecule has 9 heteroatoms. The highest BCUT2D eigenvalue weighted by Crippen LogP contribution is 2.27. The van der Waals surface area contributed by atoms with E-state index < -0.39 is 16.0 Å². The lowest BCUT2D eigenvalue weighted by Gasteiger charge is -2.14. The van der Waals surface area contributed by atoms with Crippen molar-refractivity contribution in [3.8, 4) is 0 Å². The Balaban J connectivity index is 2.02. The summed E-state index contributed by atoms with van der Waals surface area (Å²) in [4.78, 5) is 20.1. The minimum Gasteiger partial charge on any atom is -0.387 e. The lowest BCUT2D eigenvalue weighted by atomic mass is 10.1. The van der Waals surface area contributed by atoms with Crippen molar-refractivity contribution in [3.05, 3.63) is 73.3 Å². The number of hydrogen-bond donors (Lipinski definition) is 2. The predicted octanol–water partition coefficient (Wildman–Crippen LogP) is 3.30. The monoisotopic (exact) mass is 337 g/mol. The molecule has 120 valence electrons. The van der Waals surface area contributed by atoms with Gasteiger partial charge in [0.05, 0.1) is 26.7 Å². The number of anilines is 1. The molecule has 0 bridgehead atoms. The van der Waals surface area contributed by atoms with Crippen molar-refractivity contribution < 1.29 is 15.0 Å². The highest BCUT2D eigenvalue weighted by Gasteiger charge is 2.13. The molecule has 0 aliphatic rings. The minimum atomic E-state index is -0.915. The smallest absolute Gasteiger partial charge is 0.271 e. The van der Waals surface area contributed by atoms with Crippen LogP contribution in [0, 0.1) is 20.2 Å². The molecule has 0 radical (unpaired) electrons. The van der Waals surface area contributed by atoms with Gasteiger partial charge in [0.2, 0.25) is 0 Å². The molecule has 23 heavy (non-hydrogen) atoms. The lowest BCUT2D eigenvalue weighted by molar-refractivity contribution is -0.385. The van der Waals surface area contributed by atoms with Gasteiger partial charge in [0.15, 0.2) is 0 Å². The van der Waals surface area contributed by atoms with Crippen LogP contribution in [-0.2, 0) is 0 Å². The molecule has 0 aliphatic heterocycles. The Hall–Kier alpha value is -2.71. The molecule has 0 saturated carbocycles. The summed E-state index contributed by atoms with van der Waals surface area (Å²) in [7, 11) is 0. The Morgan fingerprint density at radius 1 is 1.04 bits per heavy atom. The topological polar surface area (TPSA) is 119 Å². The van der Waals surface area contributed by atoms with Gasteiger partial charge in [0.1, 0.15) is 0 Å². The quantitative estimate of drug-likeness (QED) is 0.616. The van der Waals surface area contributed by atoms with E-state index in [-0.39, 0.29) is 22.9 Å². The number of nitrogens with one attached hydrogen (secondary N) is 1. The Morgan fingerprint density at radius 2 is 1.61 bits per heavy atom. The first-order valence-electron chi connectivity index (χ1n) is 6.48. The molecule has 0 saturated heterocycles. The zero-order valence-electron chi connectivity index (χ0n) is 11.7. The van der Waals surface area contributed by atoms with Crippen LogP contribution < -0.4 is 5.32 Å². The van der Waals surface area contributed by atoms with Gasteiger partial charge in [-0.05, 0) is 23.8 Å². The van der Waals surface area contributed by atoms with Crippen molar-refractivity contribution in [2.45, 2.75) is 6.10 Å². The largest absolute Gasteiger partial charge is 0.387 e. The Morgan fingerprint density at radius 3 is 2.13 bits per heavy atom. The standard InChI is InChI=1S/C14H12ClN3O5/c15-12-7-11(18(22)23)5-6-13(12)16-8-14(19)9-1-3-10(4-2-9)17(20)21/h1-7,14,16,19H,8H2/t14-/m1/s1. The van der Waals surface area contributed by atoms with Gasteiger partial charge in [-0.2, -0.15) is 0 Å². The zero-order valence-corrected chi connectivity index (χ0v) is 12.4. The first kappa shape index (κ1) is 16.7. The predicted molar refractivity (Wildman–Crippen MR) is 84.7 cm³/mol. The van der Waals surface area contributed by atoms with Gasteiger partial charge in [-0.15, -0.1) is 0 Å². The molecule has 0 unspecified atom stereocenters. The summed E-state index contributed by atoms with van der Waals surface area (Å²) in [5.74, 6) is 0. The van der Waals surface area contributed by atoms with Crippen LogP contribution >= 0.6 is 11.6 Å². The van der Waals surface area contributed by atoms with E-state index in [1.165, 1.54) is 42.5 Å². The second-order valence-corrected chi connectivity index (χ2v) is 5.07. The number of aliphatic hydroxyl groups is 1. The number of aliphatic hydroxyl groups excluding tert-OH is 1. The van der Waals surface area contributed by atoms with E-state index in [1.807, 2.05) is 0 Å². The van der Waals surface area contributed by atoms with Crippen molar-refractivity contribution in [2.24, 2.45) is 0 Å². The fourth-order valence-electron chi connectivity index (χ4n) is 1.90. The van der Waals surface area contributed by atoms with Gasteiger partial charge in [0, 0.05) is 30.8 Å². The van der Waals surface area contributed by atoms with Gasteiger partial charge in [0.25, 0.3) is 11.4 Å². The van der Waals surface area contributed by atoms with Gasteiger partial charge < -0.3 is 10.4 Å². The van der Waals surface area contributed by atoms with Crippen molar-refractivity contribution in [3.63, 3.8) is 0 Å². The zero-order chi connectivity index (χ0) is 17.0. The van der Waals surface area contributed by atoms with Crippen LogP contribution in [0.15, 0.2) is 42.5 Å². The maximum atomic E-state index is 10.6. The number of hydrogen-bond acceptors (Lipinski definition) is 6. The summed E-state index contributed by atoms with van der Waals surface area (Å²) in [6, 6.07) is 9.48. The molecule has 8 nitrogen and oxygen atoms in total. The first-order chi connectivity index (χ1) is 10.9. The maximum absolute atomic E-state index is 10.6. The van der Waals surface area contributed by atoms with Crippen molar-refractivity contribution in [2.75, 3.05) is 11.9 Å². The molecule has 2 N–H and O–H groups in total. The summed E-state index contributed by atoms with van der Waals surface area (Å²) in [6.45, 7) is 0.0926. The normalized spacial score (nSPS) is 11.7. The van der Waals surface area contributed by atoms with Crippen molar-refractivity contribution in [1.29, 1.82) is 0 Å². The van der Waals surface area contributed by atoms with E-state index in [9.17, 15) is 25.3 Å². The molecule has 2 aromatic carbocycles. The number of nitrogens with zero attached hydrogens (tertiary/aromatic N) is 2. The summed E-state index contributed by atoms with van der Waals surface area (Å²) >= 11 is 5.94. The number of benzene rings is 2. The Bertz CT molecular complexity index is 736. The van der Waals surface area contributed by atoms with E-state index in [0.717, 1.165) is 0 Å². The van der Waals surface area contributed by atoms with E-state index >= 15 is 0 Å². The third-order valence-corrected chi connectivity index (χ3v) is 3.45. The van der Waals surface area contributed by atoms with E-state index in [4.69, 9.17) is 11.6 Å². The molecule has 0 aliphatic carbocycles. The van der Waals surface area contributed by atoms with Crippen LogP contribution in [0.5, 0.6) is 0 Å². The van der Waals surface area contributed by atoms with Gasteiger partial charge >= 0.3 is 0 Å². The molecule has 2 rings (SSSR count). The van der Waals surface area contributed by atoms with Crippen LogP contribution in [-0.4, -0.2) is 21.5 Å². The molecular weight excluding hydrogens is 326 g/mol.